The summed E-state index contributed by atoms with van der Waals surface area (Å²) in [4.78, 5) is 26.2. The van der Waals surface area contributed by atoms with E-state index in [4.69, 9.17) is 4.99 Å². The second-order valence-corrected chi connectivity index (χ2v) is 7.81. The number of hydrogen-bond acceptors (Lipinski definition) is 4. The van der Waals surface area contributed by atoms with Gasteiger partial charge >= 0.3 is 0 Å². The summed E-state index contributed by atoms with van der Waals surface area (Å²) in [6.45, 7) is 11.2. The zero-order valence-corrected chi connectivity index (χ0v) is 18.8. The number of benzene rings is 1. The van der Waals surface area contributed by atoms with Crippen molar-refractivity contribution in [3.63, 3.8) is 0 Å². The van der Waals surface area contributed by atoms with Crippen LogP contribution in [0.15, 0.2) is 53.7 Å². The Hall–Kier alpha value is -3.09. The van der Waals surface area contributed by atoms with Crippen LogP contribution in [0.2, 0.25) is 0 Å². The van der Waals surface area contributed by atoms with E-state index in [1.165, 1.54) is 0 Å². The third-order valence-electron chi connectivity index (χ3n) is 5.50. The highest BCUT2D eigenvalue weighted by Crippen LogP contribution is 2.13. The molecule has 7 nitrogen and oxygen atoms in total. The molecule has 0 radical (unpaired) electrons. The second-order valence-electron chi connectivity index (χ2n) is 7.81. The maximum atomic E-state index is 12.2. The molecule has 2 aromatic rings. The highest BCUT2D eigenvalue weighted by molar-refractivity contribution is 5.94. The van der Waals surface area contributed by atoms with Crippen molar-refractivity contribution in [3.05, 3.63) is 59.8 Å². The van der Waals surface area contributed by atoms with Gasteiger partial charge in [0.05, 0.1) is 6.54 Å². The quantitative estimate of drug-likeness (QED) is 0.530. The SMILES string of the molecule is CCNC(=NCc1ccc(C(=O)NC(C)CC)cc1)N1CCN(c2ccccn2)CC1. The van der Waals surface area contributed by atoms with Gasteiger partial charge in [0.2, 0.25) is 0 Å². The summed E-state index contributed by atoms with van der Waals surface area (Å²) in [6.07, 6.45) is 2.76. The van der Waals surface area contributed by atoms with E-state index in [0.717, 1.165) is 56.5 Å². The van der Waals surface area contributed by atoms with Crippen LogP contribution >= 0.6 is 0 Å². The lowest BCUT2D eigenvalue weighted by Gasteiger charge is -2.37. The van der Waals surface area contributed by atoms with Crippen molar-refractivity contribution in [1.82, 2.24) is 20.5 Å². The highest BCUT2D eigenvalue weighted by atomic mass is 16.1. The summed E-state index contributed by atoms with van der Waals surface area (Å²) in [5, 5.41) is 6.41. The average Bonchev–Trinajstić information content (AvgIpc) is 2.82. The van der Waals surface area contributed by atoms with E-state index in [1.54, 1.807) is 0 Å². The Morgan fingerprint density at radius 2 is 1.84 bits per heavy atom. The molecule has 2 heterocycles. The predicted molar refractivity (Wildman–Crippen MR) is 126 cm³/mol. The van der Waals surface area contributed by atoms with Gasteiger partial charge in [-0.2, -0.15) is 0 Å². The Morgan fingerprint density at radius 3 is 2.45 bits per heavy atom. The number of carbonyl (C=O) groups is 1. The van der Waals surface area contributed by atoms with Crippen LogP contribution in [-0.2, 0) is 6.54 Å². The first-order valence-electron chi connectivity index (χ1n) is 11.2. The summed E-state index contributed by atoms with van der Waals surface area (Å²) in [6, 6.07) is 13.9. The van der Waals surface area contributed by atoms with Crippen molar-refractivity contribution in [2.75, 3.05) is 37.6 Å². The van der Waals surface area contributed by atoms with E-state index >= 15 is 0 Å². The summed E-state index contributed by atoms with van der Waals surface area (Å²) < 4.78 is 0. The Bertz CT molecular complexity index is 844. The lowest BCUT2D eigenvalue weighted by Crippen LogP contribution is -2.52. The summed E-state index contributed by atoms with van der Waals surface area (Å²) in [5.74, 6) is 1.94. The fourth-order valence-corrected chi connectivity index (χ4v) is 3.45. The van der Waals surface area contributed by atoms with Crippen LogP contribution in [0.4, 0.5) is 5.82 Å². The number of piperazine rings is 1. The van der Waals surface area contributed by atoms with E-state index in [1.807, 2.05) is 49.5 Å². The molecule has 1 aromatic heterocycles. The molecule has 0 bridgehead atoms. The lowest BCUT2D eigenvalue weighted by atomic mass is 10.1. The van der Waals surface area contributed by atoms with Gasteiger partial charge in [0, 0.05) is 50.5 Å². The molecule has 2 N–H and O–H groups in total. The van der Waals surface area contributed by atoms with E-state index in [-0.39, 0.29) is 11.9 Å². The number of guanidine groups is 1. The zero-order chi connectivity index (χ0) is 22.1. The first-order valence-corrected chi connectivity index (χ1v) is 11.2. The Kier molecular flexibility index (Phi) is 8.27. The molecule has 1 aromatic carbocycles. The number of anilines is 1. The molecule has 0 spiro atoms. The maximum Gasteiger partial charge on any atom is 0.251 e. The van der Waals surface area contributed by atoms with E-state index in [9.17, 15) is 4.79 Å². The summed E-state index contributed by atoms with van der Waals surface area (Å²) in [5.41, 5.74) is 1.77. The van der Waals surface area contributed by atoms with Gasteiger partial charge in [-0.25, -0.2) is 9.98 Å². The topological polar surface area (TPSA) is 72.9 Å². The number of pyridine rings is 1. The zero-order valence-electron chi connectivity index (χ0n) is 18.8. The second kappa shape index (κ2) is 11.3. The molecular formula is C24H34N6O. The molecular weight excluding hydrogens is 388 g/mol. The number of rotatable bonds is 7. The standard InChI is InChI=1S/C24H34N6O/c1-4-19(3)28-23(31)21-11-9-20(10-12-21)18-27-24(25-5-2)30-16-14-29(15-17-30)22-8-6-7-13-26-22/h6-13,19H,4-5,14-18H2,1-3H3,(H,25,27)(H,28,31). The predicted octanol–water partition coefficient (Wildman–Crippen LogP) is 2.90. The van der Waals surface area contributed by atoms with Crippen molar-refractivity contribution < 1.29 is 4.79 Å². The van der Waals surface area contributed by atoms with Gasteiger partial charge in [-0.15, -0.1) is 0 Å². The van der Waals surface area contributed by atoms with Crippen molar-refractivity contribution in [1.29, 1.82) is 0 Å². The number of nitrogens with one attached hydrogen (secondary N) is 2. The number of carbonyl (C=O) groups excluding carboxylic acids is 1. The van der Waals surface area contributed by atoms with Gasteiger partial charge in [-0.05, 0) is 50.1 Å². The number of nitrogens with zero attached hydrogens (tertiary/aromatic N) is 4. The number of amides is 1. The van der Waals surface area contributed by atoms with Gasteiger partial charge in [-0.1, -0.05) is 25.1 Å². The van der Waals surface area contributed by atoms with Gasteiger partial charge in [0.15, 0.2) is 5.96 Å². The smallest absolute Gasteiger partial charge is 0.251 e. The third-order valence-corrected chi connectivity index (χ3v) is 5.50. The van der Waals surface area contributed by atoms with E-state index in [2.05, 4.69) is 45.3 Å². The van der Waals surface area contributed by atoms with E-state index in [0.29, 0.717) is 12.1 Å². The molecule has 0 aliphatic carbocycles. The monoisotopic (exact) mass is 422 g/mol. The van der Waals surface area contributed by atoms with Crippen LogP contribution in [0.3, 0.4) is 0 Å². The third kappa shape index (κ3) is 6.44. The fraction of sp³-hybridized carbons (Fsp3) is 0.458. The van der Waals surface area contributed by atoms with Crippen LogP contribution in [0.5, 0.6) is 0 Å². The first kappa shape index (κ1) is 22.6. The minimum absolute atomic E-state index is 0.0245. The maximum absolute atomic E-state index is 12.2. The Labute approximate surface area is 185 Å². The molecule has 1 atom stereocenters. The molecule has 1 saturated heterocycles. The van der Waals surface area contributed by atoms with Crippen molar-refractivity contribution in [3.8, 4) is 0 Å². The average molecular weight is 423 g/mol. The molecule has 1 aliphatic heterocycles. The number of aliphatic imine (C=N–C) groups is 1. The van der Waals surface area contributed by atoms with Crippen LogP contribution < -0.4 is 15.5 Å². The largest absolute Gasteiger partial charge is 0.357 e. The molecule has 166 valence electrons. The summed E-state index contributed by atoms with van der Waals surface area (Å²) in [7, 11) is 0. The van der Waals surface area contributed by atoms with Crippen molar-refractivity contribution in [2.24, 2.45) is 4.99 Å². The highest BCUT2D eigenvalue weighted by Gasteiger charge is 2.20. The molecule has 1 fully saturated rings. The van der Waals surface area contributed by atoms with Crippen LogP contribution in [0.25, 0.3) is 0 Å². The molecule has 1 amide bonds. The first-order chi connectivity index (χ1) is 15.1. The lowest BCUT2D eigenvalue weighted by molar-refractivity contribution is 0.0939. The normalized spacial score (nSPS) is 15.5. The van der Waals surface area contributed by atoms with Crippen molar-refractivity contribution >= 4 is 17.7 Å². The Balaban J connectivity index is 1.58. The summed E-state index contributed by atoms with van der Waals surface area (Å²) >= 11 is 0. The molecule has 1 aliphatic rings. The molecule has 0 saturated carbocycles. The Morgan fingerprint density at radius 1 is 1.10 bits per heavy atom. The molecule has 1 unspecified atom stereocenters. The van der Waals surface area contributed by atoms with Gasteiger partial charge in [0.1, 0.15) is 5.82 Å². The van der Waals surface area contributed by atoms with E-state index < -0.39 is 0 Å². The molecule has 7 heteroatoms. The van der Waals surface area contributed by atoms with Gasteiger partial charge in [-0.3, -0.25) is 4.79 Å². The number of hydrogen-bond donors (Lipinski definition) is 2. The molecule has 3 rings (SSSR count). The van der Waals surface area contributed by atoms with Crippen molar-refractivity contribution in [2.45, 2.75) is 39.8 Å². The molecule has 31 heavy (non-hydrogen) atoms. The minimum Gasteiger partial charge on any atom is -0.357 e. The fourth-order valence-electron chi connectivity index (χ4n) is 3.45. The number of aromatic nitrogens is 1. The van der Waals surface area contributed by atoms with Gasteiger partial charge in [0.25, 0.3) is 5.91 Å². The van der Waals surface area contributed by atoms with Crippen LogP contribution in [0, 0.1) is 0 Å². The van der Waals surface area contributed by atoms with Gasteiger partial charge < -0.3 is 20.4 Å². The van der Waals surface area contributed by atoms with Crippen LogP contribution in [0.1, 0.15) is 43.1 Å². The minimum atomic E-state index is -0.0245. The van der Waals surface area contributed by atoms with Crippen LogP contribution in [-0.4, -0.2) is 60.5 Å².